The van der Waals surface area contributed by atoms with Crippen LogP contribution in [0.2, 0.25) is 0 Å². The highest BCUT2D eigenvalue weighted by Gasteiger charge is 2.24. The Hall–Kier alpha value is -2.73. The molecule has 1 aliphatic heterocycles. The molecule has 1 fully saturated rings. The third-order valence-corrected chi connectivity index (χ3v) is 4.47. The van der Waals surface area contributed by atoms with E-state index in [1.807, 2.05) is 54.7 Å². The van der Waals surface area contributed by atoms with Crippen molar-refractivity contribution < 1.29 is 4.52 Å². The molecule has 6 nitrogen and oxygen atoms in total. The van der Waals surface area contributed by atoms with E-state index in [0.29, 0.717) is 24.2 Å². The first kappa shape index (κ1) is 15.8. The Bertz CT molecular complexity index is 790. The molecule has 1 saturated heterocycles. The molecule has 25 heavy (non-hydrogen) atoms. The SMILES string of the molecule is c1ccc(-c2noc(CN3CC[C@H](CNc4ccccn4)C3)n2)cc1. The summed E-state index contributed by atoms with van der Waals surface area (Å²) in [6, 6.07) is 15.8. The first-order chi connectivity index (χ1) is 12.4. The van der Waals surface area contributed by atoms with Crippen molar-refractivity contribution in [3.05, 3.63) is 60.6 Å². The molecule has 0 radical (unpaired) electrons. The fourth-order valence-corrected chi connectivity index (χ4v) is 3.15. The molecule has 1 atom stereocenters. The predicted molar refractivity (Wildman–Crippen MR) is 95.8 cm³/mol. The van der Waals surface area contributed by atoms with Gasteiger partial charge in [-0.05, 0) is 31.0 Å². The zero-order valence-corrected chi connectivity index (χ0v) is 14.0. The Morgan fingerprint density at radius 3 is 2.84 bits per heavy atom. The van der Waals surface area contributed by atoms with Crippen LogP contribution in [-0.2, 0) is 6.54 Å². The van der Waals surface area contributed by atoms with Crippen molar-refractivity contribution in [3.8, 4) is 11.4 Å². The van der Waals surface area contributed by atoms with Crippen LogP contribution in [0.4, 0.5) is 5.82 Å². The Labute approximate surface area is 146 Å². The van der Waals surface area contributed by atoms with Crippen LogP contribution < -0.4 is 5.32 Å². The summed E-state index contributed by atoms with van der Waals surface area (Å²) < 4.78 is 5.42. The molecule has 6 heteroatoms. The second-order valence-electron chi connectivity index (χ2n) is 6.36. The quantitative estimate of drug-likeness (QED) is 0.747. The normalized spacial score (nSPS) is 17.7. The highest BCUT2D eigenvalue weighted by Crippen LogP contribution is 2.20. The van der Waals surface area contributed by atoms with E-state index >= 15 is 0 Å². The van der Waals surface area contributed by atoms with E-state index in [-0.39, 0.29) is 0 Å². The molecular formula is C19H21N5O. The van der Waals surface area contributed by atoms with Gasteiger partial charge in [-0.1, -0.05) is 41.6 Å². The smallest absolute Gasteiger partial charge is 0.241 e. The number of hydrogen-bond donors (Lipinski definition) is 1. The minimum Gasteiger partial charge on any atom is -0.370 e. The zero-order valence-electron chi connectivity index (χ0n) is 14.0. The molecule has 1 N–H and O–H groups in total. The van der Waals surface area contributed by atoms with Gasteiger partial charge in [0.2, 0.25) is 11.7 Å². The molecule has 1 aromatic carbocycles. The fourth-order valence-electron chi connectivity index (χ4n) is 3.15. The minimum atomic E-state index is 0.610. The molecule has 0 aliphatic carbocycles. The first-order valence-electron chi connectivity index (χ1n) is 8.62. The molecule has 3 aromatic rings. The summed E-state index contributed by atoms with van der Waals surface area (Å²) in [5.74, 6) is 2.88. The predicted octanol–water partition coefficient (Wildman–Crippen LogP) is 3.07. The highest BCUT2D eigenvalue weighted by atomic mass is 16.5. The number of nitrogens with one attached hydrogen (secondary N) is 1. The van der Waals surface area contributed by atoms with Crippen molar-refractivity contribution in [3.63, 3.8) is 0 Å². The van der Waals surface area contributed by atoms with Gasteiger partial charge in [-0.25, -0.2) is 4.98 Å². The van der Waals surface area contributed by atoms with Crippen LogP contribution in [0.25, 0.3) is 11.4 Å². The van der Waals surface area contributed by atoms with E-state index in [9.17, 15) is 0 Å². The summed E-state index contributed by atoms with van der Waals surface area (Å²) in [5.41, 5.74) is 0.983. The van der Waals surface area contributed by atoms with Crippen molar-refractivity contribution in [2.24, 2.45) is 5.92 Å². The van der Waals surface area contributed by atoms with Crippen LogP contribution in [0.1, 0.15) is 12.3 Å². The molecule has 0 bridgehead atoms. The Morgan fingerprint density at radius 1 is 1.12 bits per heavy atom. The summed E-state index contributed by atoms with van der Waals surface area (Å²) in [7, 11) is 0. The second kappa shape index (κ2) is 7.44. The Kier molecular flexibility index (Phi) is 4.70. The number of likely N-dealkylation sites (tertiary alicyclic amines) is 1. The van der Waals surface area contributed by atoms with Crippen molar-refractivity contribution >= 4 is 5.82 Å². The van der Waals surface area contributed by atoms with Gasteiger partial charge in [0.15, 0.2) is 0 Å². The summed E-state index contributed by atoms with van der Waals surface area (Å²) >= 11 is 0. The molecular weight excluding hydrogens is 314 g/mol. The van der Waals surface area contributed by atoms with E-state index in [1.165, 1.54) is 6.42 Å². The van der Waals surface area contributed by atoms with Gasteiger partial charge in [0.25, 0.3) is 0 Å². The van der Waals surface area contributed by atoms with Gasteiger partial charge >= 0.3 is 0 Å². The number of aromatic nitrogens is 3. The van der Waals surface area contributed by atoms with Crippen molar-refractivity contribution in [1.29, 1.82) is 0 Å². The van der Waals surface area contributed by atoms with Crippen LogP contribution >= 0.6 is 0 Å². The summed E-state index contributed by atoms with van der Waals surface area (Å²) in [5, 5.41) is 7.50. The number of hydrogen-bond acceptors (Lipinski definition) is 6. The largest absolute Gasteiger partial charge is 0.370 e. The summed E-state index contributed by atoms with van der Waals surface area (Å²) in [6.45, 7) is 3.73. The van der Waals surface area contributed by atoms with Crippen LogP contribution in [0.3, 0.4) is 0 Å². The van der Waals surface area contributed by atoms with Crippen molar-refractivity contribution in [2.75, 3.05) is 25.0 Å². The lowest BCUT2D eigenvalue weighted by atomic mass is 10.1. The molecule has 0 saturated carbocycles. The molecule has 1 aliphatic rings. The van der Waals surface area contributed by atoms with Gasteiger partial charge in [0.1, 0.15) is 5.82 Å². The fraction of sp³-hybridized carbons (Fsp3) is 0.316. The number of nitrogens with zero attached hydrogens (tertiary/aromatic N) is 4. The van der Waals surface area contributed by atoms with Crippen molar-refractivity contribution in [2.45, 2.75) is 13.0 Å². The van der Waals surface area contributed by atoms with E-state index in [2.05, 4.69) is 25.3 Å². The average Bonchev–Trinajstić information content (AvgIpc) is 3.32. The molecule has 3 heterocycles. The van der Waals surface area contributed by atoms with Gasteiger partial charge in [-0.3, -0.25) is 4.90 Å². The van der Waals surface area contributed by atoms with Gasteiger partial charge in [0, 0.05) is 24.8 Å². The van der Waals surface area contributed by atoms with Crippen LogP contribution in [0.5, 0.6) is 0 Å². The molecule has 0 amide bonds. The maximum Gasteiger partial charge on any atom is 0.241 e. The lowest BCUT2D eigenvalue weighted by Crippen LogP contribution is -2.23. The molecule has 0 spiro atoms. The van der Waals surface area contributed by atoms with Gasteiger partial charge in [0.05, 0.1) is 6.54 Å². The third kappa shape index (κ3) is 4.03. The molecule has 0 unspecified atom stereocenters. The third-order valence-electron chi connectivity index (χ3n) is 4.47. The lowest BCUT2D eigenvalue weighted by molar-refractivity contribution is 0.261. The maximum atomic E-state index is 5.42. The zero-order chi connectivity index (χ0) is 16.9. The topological polar surface area (TPSA) is 67.1 Å². The number of benzene rings is 1. The van der Waals surface area contributed by atoms with Crippen LogP contribution in [-0.4, -0.2) is 39.7 Å². The number of pyridine rings is 1. The average molecular weight is 335 g/mol. The van der Waals surface area contributed by atoms with Crippen LogP contribution in [0.15, 0.2) is 59.3 Å². The maximum absolute atomic E-state index is 5.42. The van der Waals surface area contributed by atoms with Gasteiger partial charge in [-0.15, -0.1) is 0 Å². The lowest BCUT2D eigenvalue weighted by Gasteiger charge is -2.14. The van der Waals surface area contributed by atoms with E-state index in [1.54, 1.807) is 0 Å². The Balaban J connectivity index is 1.29. The van der Waals surface area contributed by atoms with E-state index < -0.39 is 0 Å². The highest BCUT2D eigenvalue weighted by molar-refractivity contribution is 5.53. The standard InChI is InChI=1S/C19H21N5O/c1-2-6-16(7-3-1)19-22-18(25-23-19)14-24-11-9-15(13-24)12-21-17-8-4-5-10-20-17/h1-8,10,15H,9,11-14H2,(H,20,21)/t15-/m1/s1. The van der Waals surface area contributed by atoms with Crippen molar-refractivity contribution in [1.82, 2.24) is 20.0 Å². The second-order valence-corrected chi connectivity index (χ2v) is 6.36. The molecule has 128 valence electrons. The van der Waals surface area contributed by atoms with Gasteiger partial charge < -0.3 is 9.84 Å². The molecule has 4 rings (SSSR count). The van der Waals surface area contributed by atoms with Crippen LogP contribution in [0, 0.1) is 5.92 Å². The first-order valence-corrected chi connectivity index (χ1v) is 8.62. The summed E-state index contributed by atoms with van der Waals surface area (Å²) in [6.07, 6.45) is 2.97. The summed E-state index contributed by atoms with van der Waals surface area (Å²) in [4.78, 5) is 11.2. The minimum absolute atomic E-state index is 0.610. The number of anilines is 1. The number of rotatable bonds is 6. The monoisotopic (exact) mass is 335 g/mol. The van der Waals surface area contributed by atoms with E-state index in [0.717, 1.165) is 31.0 Å². The Morgan fingerprint density at radius 2 is 2.00 bits per heavy atom. The van der Waals surface area contributed by atoms with E-state index in [4.69, 9.17) is 4.52 Å². The molecule has 2 aromatic heterocycles. The van der Waals surface area contributed by atoms with Gasteiger partial charge in [-0.2, -0.15) is 4.98 Å².